The lowest BCUT2D eigenvalue weighted by Gasteiger charge is -2.35. The molecule has 1 aromatic heterocycles. The van der Waals surface area contributed by atoms with Gasteiger partial charge in [0, 0.05) is 57.4 Å². The van der Waals surface area contributed by atoms with E-state index in [0.29, 0.717) is 51.1 Å². The van der Waals surface area contributed by atoms with Crippen LogP contribution in [-0.2, 0) is 22.6 Å². The van der Waals surface area contributed by atoms with E-state index >= 15 is 0 Å². The van der Waals surface area contributed by atoms with E-state index in [-0.39, 0.29) is 19.1 Å². The van der Waals surface area contributed by atoms with Crippen molar-refractivity contribution in [3.05, 3.63) is 32.3 Å². The number of unbranched alkanes of at least 4 members (excludes halogenated alkanes) is 1. The molecule has 2 rings (SSSR count). The second-order valence-electron chi connectivity index (χ2n) is 8.18. The number of amides is 1. The molecule has 1 saturated heterocycles. The van der Waals surface area contributed by atoms with Gasteiger partial charge in [0.1, 0.15) is 5.60 Å². The number of piperazine rings is 1. The molecule has 1 aromatic rings. The van der Waals surface area contributed by atoms with E-state index in [2.05, 4.69) is 5.10 Å². The molecule has 2 N–H and O–H groups in total. The van der Waals surface area contributed by atoms with Crippen molar-refractivity contribution in [3.63, 3.8) is 0 Å². The van der Waals surface area contributed by atoms with Crippen LogP contribution in [0.5, 0.6) is 0 Å². The number of carboxylic acid groups (broad SMARTS) is 1. The van der Waals surface area contributed by atoms with Crippen LogP contribution in [0.2, 0.25) is 0 Å². The Balaban J connectivity index is 1.89. The van der Waals surface area contributed by atoms with Gasteiger partial charge in [-0.1, -0.05) is 0 Å². The normalized spacial score (nSPS) is 15.3. The molecule has 162 valence electrons. The molecule has 0 aromatic carbocycles. The third-order valence-electron chi connectivity index (χ3n) is 4.57. The highest BCUT2D eigenvalue weighted by Crippen LogP contribution is 2.12. The molecule has 0 spiro atoms. The molecular weight excluding hydrogens is 380 g/mol. The fraction of sp³-hybridized carbons (Fsp3) is 0.684. The maximum atomic E-state index is 12.4. The van der Waals surface area contributed by atoms with Gasteiger partial charge in [-0.3, -0.25) is 19.3 Å². The van der Waals surface area contributed by atoms with Crippen molar-refractivity contribution in [1.82, 2.24) is 19.6 Å². The van der Waals surface area contributed by atoms with E-state index in [1.165, 1.54) is 10.9 Å². The van der Waals surface area contributed by atoms with Gasteiger partial charge in [-0.2, -0.15) is 0 Å². The molecule has 1 fully saturated rings. The Labute approximate surface area is 169 Å². The van der Waals surface area contributed by atoms with Gasteiger partial charge in [0.25, 0.3) is 5.43 Å². The van der Waals surface area contributed by atoms with Gasteiger partial charge in [0.05, 0.1) is 0 Å². The molecule has 0 radical (unpaired) electrons. The average Bonchev–Trinajstić information content (AvgIpc) is 2.63. The SMILES string of the molecule is CC(C)(C)OC(=O)N1CCN(Cc2c[nH]n(CCCCC(=O)O)c(=O)c2=O)CC1. The zero-order chi connectivity index (χ0) is 21.6. The molecule has 29 heavy (non-hydrogen) atoms. The van der Waals surface area contributed by atoms with E-state index < -0.39 is 22.6 Å². The maximum Gasteiger partial charge on any atom is 0.410 e. The van der Waals surface area contributed by atoms with Gasteiger partial charge in [-0.25, -0.2) is 9.48 Å². The highest BCUT2D eigenvalue weighted by molar-refractivity contribution is 5.68. The summed E-state index contributed by atoms with van der Waals surface area (Å²) in [5.41, 5.74) is -1.36. The van der Waals surface area contributed by atoms with E-state index in [9.17, 15) is 19.2 Å². The first-order chi connectivity index (χ1) is 13.6. The van der Waals surface area contributed by atoms with Crippen LogP contribution in [0.15, 0.2) is 15.8 Å². The Morgan fingerprint density at radius 3 is 2.38 bits per heavy atom. The number of nitrogens with one attached hydrogen (secondary N) is 1. The molecular formula is C19H30N4O6. The van der Waals surface area contributed by atoms with Crippen LogP contribution < -0.4 is 11.0 Å². The van der Waals surface area contributed by atoms with Crippen LogP contribution >= 0.6 is 0 Å². The zero-order valence-electron chi connectivity index (χ0n) is 17.3. The molecule has 10 heteroatoms. The Kier molecular flexibility index (Phi) is 7.60. The molecule has 1 aliphatic heterocycles. The molecule has 0 unspecified atom stereocenters. The van der Waals surface area contributed by atoms with Crippen molar-refractivity contribution in [1.29, 1.82) is 0 Å². The monoisotopic (exact) mass is 410 g/mol. The largest absolute Gasteiger partial charge is 0.481 e. The number of H-pyrrole nitrogens is 1. The fourth-order valence-corrected chi connectivity index (χ4v) is 3.03. The van der Waals surface area contributed by atoms with Crippen molar-refractivity contribution in [2.75, 3.05) is 26.2 Å². The summed E-state index contributed by atoms with van der Waals surface area (Å²) in [7, 11) is 0. The summed E-state index contributed by atoms with van der Waals surface area (Å²) < 4.78 is 6.59. The van der Waals surface area contributed by atoms with Crippen molar-refractivity contribution in [3.8, 4) is 0 Å². The zero-order valence-corrected chi connectivity index (χ0v) is 17.3. The minimum Gasteiger partial charge on any atom is -0.481 e. The third-order valence-corrected chi connectivity index (χ3v) is 4.57. The molecule has 10 nitrogen and oxygen atoms in total. The smallest absolute Gasteiger partial charge is 0.410 e. The topological polar surface area (TPSA) is 125 Å². The van der Waals surface area contributed by atoms with Crippen molar-refractivity contribution in [2.24, 2.45) is 0 Å². The van der Waals surface area contributed by atoms with Gasteiger partial charge in [0.2, 0.25) is 0 Å². The molecule has 0 bridgehead atoms. The molecule has 1 aliphatic rings. The Hall–Kier alpha value is -2.62. The summed E-state index contributed by atoms with van der Waals surface area (Å²) in [6.45, 7) is 8.21. The van der Waals surface area contributed by atoms with Crippen LogP contribution in [-0.4, -0.2) is 68.5 Å². The van der Waals surface area contributed by atoms with E-state index in [1.807, 2.05) is 25.7 Å². The predicted molar refractivity (Wildman–Crippen MR) is 106 cm³/mol. The molecule has 0 saturated carbocycles. The van der Waals surface area contributed by atoms with Crippen LogP contribution in [0.1, 0.15) is 45.6 Å². The second-order valence-corrected chi connectivity index (χ2v) is 8.18. The summed E-state index contributed by atoms with van der Waals surface area (Å²) >= 11 is 0. The minimum absolute atomic E-state index is 0.0341. The van der Waals surface area contributed by atoms with Crippen LogP contribution in [0, 0.1) is 0 Å². The Morgan fingerprint density at radius 1 is 1.14 bits per heavy atom. The Morgan fingerprint density at radius 2 is 1.79 bits per heavy atom. The molecule has 0 aliphatic carbocycles. The summed E-state index contributed by atoms with van der Waals surface area (Å²) in [5, 5.41) is 11.5. The van der Waals surface area contributed by atoms with Gasteiger partial charge in [-0.15, -0.1) is 0 Å². The number of carboxylic acids is 1. The first kappa shape index (κ1) is 22.7. The van der Waals surface area contributed by atoms with Crippen molar-refractivity contribution < 1.29 is 19.4 Å². The highest BCUT2D eigenvalue weighted by Gasteiger charge is 2.26. The first-order valence-electron chi connectivity index (χ1n) is 9.80. The lowest BCUT2D eigenvalue weighted by molar-refractivity contribution is -0.137. The minimum atomic E-state index is -0.882. The number of nitrogens with zero attached hydrogens (tertiary/aromatic N) is 3. The number of carbonyl (C=O) groups excluding carboxylic acids is 1. The van der Waals surface area contributed by atoms with E-state index in [0.717, 1.165) is 0 Å². The van der Waals surface area contributed by atoms with Gasteiger partial charge in [0.15, 0.2) is 0 Å². The van der Waals surface area contributed by atoms with Crippen LogP contribution in [0.25, 0.3) is 0 Å². The van der Waals surface area contributed by atoms with Crippen LogP contribution in [0.4, 0.5) is 4.79 Å². The number of hydrogen-bond acceptors (Lipinski definition) is 6. The number of carbonyl (C=O) groups is 2. The number of aromatic amines is 1. The van der Waals surface area contributed by atoms with Gasteiger partial charge >= 0.3 is 17.6 Å². The molecule has 0 atom stereocenters. The number of aryl methyl sites for hydroxylation is 1. The third kappa shape index (κ3) is 7.04. The number of aliphatic carboxylic acids is 1. The Bertz CT molecular complexity index is 830. The lowest BCUT2D eigenvalue weighted by Crippen LogP contribution is -2.50. The summed E-state index contributed by atoms with van der Waals surface area (Å²) in [4.78, 5) is 50.9. The quantitative estimate of drug-likeness (QED) is 0.504. The van der Waals surface area contributed by atoms with Gasteiger partial charge < -0.3 is 19.8 Å². The summed E-state index contributed by atoms with van der Waals surface area (Å²) in [6, 6.07) is 0. The summed E-state index contributed by atoms with van der Waals surface area (Å²) in [5.74, 6) is -0.882. The van der Waals surface area contributed by atoms with Gasteiger partial charge in [-0.05, 0) is 33.6 Å². The number of rotatable bonds is 7. The number of aromatic nitrogens is 2. The summed E-state index contributed by atoms with van der Waals surface area (Å²) in [6.07, 6.45) is 2.15. The van der Waals surface area contributed by atoms with Crippen molar-refractivity contribution in [2.45, 2.75) is 58.7 Å². The highest BCUT2D eigenvalue weighted by atomic mass is 16.6. The predicted octanol–water partition coefficient (Wildman–Crippen LogP) is 0.844. The second kappa shape index (κ2) is 9.73. The van der Waals surface area contributed by atoms with E-state index in [1.54, 1.807) is 4.90 Å². The maximum absolute atomic E-state index is 12.4. The first-order valence-corrected chi connectivity index (χ1v) is 9.80. The lowest BCUT2D eigenvalue weighted by atomic mass is 10.2. The number of ether oxygens (including phenoxy) is 1. The average molecular weight is 410 g/mol. The molecule has 2 heterocycles. The van der Waals surface area contributed by atoms with E-state index in [4.69, 9.17) is 9.84 Å². The van der Waals surface area contributed by atoms with Crippen molar-refractivity contribution >= 4 is 12.1 Å². The number of hydrogen-bond donors (Lipinski definition) is 2. The molecule has 1 amide bonds. The fourth-order valence-electron chi connectivity index (χ4n) is 3.03. The van der Waals surface area contributed by atoms with Crippen LogP contribution in [0.3, 0.4) is 0 Å². The standard InChI is InChI=1S/C19H30N4O6/c1-19(2,3)29-18(28)22-10-8-21(9-11-22)13-14-12-20-23(17(27)16(14)26)7-5-4-6-15(24)25/h12,20H,4-11,13H2,1-3H3,(H,24,25).